The van der Waals surface area contributed by atoms with Crippen molar-refractivity contribution in [2.75, 3.05) is 7.11 Å². The highest BCUT2D eigenvalue weighted by Crippen LogP contribution is 2.32. The van der Waals surface area contributed by atoms with Gasteiger partial charge in [-0.05, 0) is 34.1 Å². The van der Waals surface area contributed by atoms with E-state index in [9.17, 15) is 4.79 Å². The van der Waals surface area contributed by atoms with Crippen molar-refractivity contribution >= 4 is 44.7 Å². The number of aromatic nitrogens is 1. The minimum atomic E-state index is 0.191. The molecule has 0 unspecified atom stereocenters. The summed E-state index contributed by atoms with van der Waals surface area (Å²) >= 11 is 9.24. The third-order valence-corrected chi connectivity index (χ3v) is 3.17. The van der Waals surface area contributed by atoms with E-state index in [2.05, 4.69) is 20.9 Å². The van der Waals surface area contributed by atoms with E-state index < -0.39 is 0 Å². The second-order valence-electron chi connectivity index (χ2n) is 3.13. The van der Waals surface area contributed by atoms with Gasteiger partial charge in [0.25, 0.3) is 0 Å². The summed E-state index contributed by atoms with van der Waals surface area (Å²) in [7, 11) is 1.57. The Kier molecular flexibility index (Phi) is 3.12. The molecule has 3 nitrogen and oxygen atoms in total. The van der Waals surface area contributed by atoms with Crippen molar-refractivity contribution < 1.29 is 9.53 Å². The Morgan fingerprint density at radius 2 is 2.25 bits per heavy atom. The standard InChI is InChI=1S/C11H7BrClNO2/c1-16-9-3-2-8(12)10-7(9)4-6(5-15)11(13)14-10/h2-5H,1H3. The fraction of sp³-hybridized carbons (Fsp3) is 0.0909. The van der Waals surface area contributed by atoms with Gasteiger partial charge in [0.2, 0.25) is 0 Å². The van der Waals surface area contributed by atoms with Crippen molar-refractivity contribution in [3.05, 3.63) is 33.4 Å². The van der Waals surface area contributed by atoms with Crippen molar-refractivity contribution in [3.63, 3.8) is 0 Å². The second-order valence-corrected chi connectivity index (χ2v) is 4.34. The molecule has 0 aliphatic rings. The smallest absolute Gasteiger partial charge is 0.153 e. The van der Waals surface area contributed by atoms with E-state index in [1.165, 1.54) is 0 Å². The van der Waals surface area contributed by atoms with Crippen LogP contribution in [-0.4, -0.2) is 18.4 Å². The van der Waals surface area contributed by atoms with Gasteiger partial charge in [0.1, 0.15) is 10.9 Å². The number of pyridine rings is 1. The predicted octanol–water partition coefficient (Wildman–Crippen LogP) is 3.47. The van der Waals surface area contributed by atoms with Crippen LogP contribution in [0.4, 0.5) is 0 Å². The molecule has 0 fully saturated rings. The maximum Gasteiger partial charge on any atom is 0.153 e. The van der Waals surface area contributed by atoms with Crippen molar-refractivity contribution in [1.82, 2.24) is 4.98 Å². The zero-order chi connectivity index (χ0) is 11.7. The molecule has 16 heavy (non-hydrogen) atoms. The average molecular weight is 301 g/mol. The summed E-state index contributed by atoms with van der Waals surface area (Å²) in [6.45, 7) is 0. The number of carbonyl (C=O) groups excluding carboxylic acids is 1. The lowest BCUT2D eigenvalue weighted by atomic mass is 10.1. The van der Waals surface area contributed by atoms with E-state index in [-0.39, 0.29) is 5.15 Å². The summed E-state index contributed by atoms with van der Waals surface area (Å²) in [4.78, 5) is 14.9. The van der Waals surface area contributed by atoms with Crippen molar-refractivity contribution in [2.24, 2.45) is 0 Å². The van der Waals surface area contributed by atoms with E-state index in [0.717, 1.165) is 9.86 Å². The number of hydrogen-bond donors (Lipinski definition) is 0. The lowest BCUT2D eigenvalue weighted by molar-refractivity contribution is 0.112. The van der Waals surface area contributed by atoms with Crippen LogP contribution in [-0.2, 0) is 0 Å². The Labute approximate surface area is 106 Å². The van der Waals surface area contributed by atoms with Gasteiger partial charge in [-0.2, -0.15) is 0 Å². The highest BCUT2D eigenvalue weighted by molar-refractivity contribution is 9.10. The molecule has 82 valence electrons. The van der Waals surface area contributed by atoms with Crippen LogP contribution in [0.25, 0.3) is 10.9 Å². The largest absolute Gasteiger partial charge is 0.496 e. The van der Waals surface area contributed by atoms with E-state index in [4.69, 9.17) is 16.3 Å². The fourth-order valence-corrected chi connectivity index (χ4v) is 2.07. The molecule has 2 aromatic rings. The predicted molar refractivity (Wildman–Crippen MR) is 66.4 cm³/mol. The van der Waals surface area contributed by atoms with Crippen LogP contribution in [0.1, 0.15) is 10.4 Å². The molecule has 2 rings (SSSR count). The topological polar surface area (TPSA) is 39.2 Å². The first-order valence-electron chi connectivity index (χ1n) is 4.45. The minimum Gasteiger partial charge on any atom is -0.496 e. The van der Waals surface area contributed by atoms with Gasteiger partial charge in [-0.25, -0.2) is 4.98 Å². The summed E-state index contributed by atoms with van der Waals surface area (Å²) in [6.07, 6.45) is 0.676. The maximum absolute atomic E-state index is 10.8. The molecule has 0 radical (unpaired) electrons. The van der Waals surface area contributed by atoms with Crippen LogP contribution in [0.15, 0.2) is 22.7 Å². The van der Waals surface area contributed by atoms with Crippen LogP contribution in [0.3, 0.4) is 0 Å². The maximum atomic E-state index is 10.8. The summed E-state index contributed by atoms with van der Waals surface area (Å²) in [5, 5.41) is 0.944. The Balaban J connectivity index is 2.88. The zero-order valence-electron chi connectivity index (χ0n) is 8.33. The third-order valence-electron chi connectivity index (χ3n) is 2.22. The summed E-state index contributed by atoms with van der Waals surface area (Å²) < 4.78 is 6.01. The second kappa shape index (κ2) is 4.39. The van der Waals surface area contributed by atoms with Gasteiger partial charge < -0.3 is 4.74 Å². The number of nitrogens with zero attached hydrogens (tertiary/aromatic N) is 1. The van der Waals surface area contributed by atoms with Crippen molar-refractivity contribution in [2.45, 2.75) is 0 Å². The molecule has 1 aromatic heterocycles. The number of ether oxygens (including phenoxy) is 1. The fourth-order valence-electron chi connectivity index (χ4n) is 1.45. The van der Waals surface area contributed by atoms with Crippen LogP contribution in [0.2, 0.25) is 5.15 Å². The van der Waals surface area contributed by atoms with E-state index in [1.54, 1.807) is 19.2 Å². The minimum absolute atomic E-state index is 0.191. The number of rotatable bonds is 2. The van der Waals surface area contributed by atoms with E-state index in [0.29, 0.717) is 23.1 Å². The van der Waals surface area contributed by atoms with Gasteiger partial charge >= 0.3 is 0 Å². The SMILES string of the molecule is COc1ccc(Br)c2nc(Cl)c(C=O)cc12. The van der Waals surface area contributed by atoms with Gasteiger partial charge in [0.05, 0.1) is 18.2 Å². The number of fused-ring (bicyclic) bond motifs is 1. The van der Waals surface area contributed by atoms with Crippen LogP contribution in [0, 0.1) is 0 Å². The zero-order valence-corrected chi connectivity index (χ0v) is 10.7. The Bertz CT molecular complexity index is 571. The summed E-state index contributed by atoms with van der Waals surface area (Å²) in [6, 6.07) is 5.29. The molecule has 5 heteroatoms. The first kappa shape index (κ1) is 11.4. The third kappa shape index (κ3) is 1.79. The first-order valence-corrected chi connectivity index (χ1v) is 5.62. The first-order chi connectivity index (χ1) is 7.67. The summed E-state index contributed by atoms with van der Waals surface area (Å²) in [5.41, 5.74) is 1.03. The molecule has 0 N–H and O–H groups in total. The molecule has 0 spiro atoms. The van der Waals surface area contributed by atoms with Crippen LogP contribution < -0.4 is 4.74 Å². The van der Waals surface area contributed by atoms with E-state index >= 15 is 0 Å². The van der Waals surface area contributed by atoms with E-state index in [1.807, 2.05) is 6.07 Å². The Hall–Kier alpha value is -1.13. The molecular formula is C11H7BrClNO2. The molecule has 0 aliphatic carbocycles. The highest BCUT2D eigenvalue weighted by atomic mass is 79.9. The molecule has 1 aromatic carbocycles. The number of carbonyl (C=O) groups is 1. The highest BCUT2D eigenvalue weighted by Gasteiger charge is 2.10. The number of hydrogen-bond acceptors (Lipinski definition) is 3. The molecule has 1 heterocycles. The van der Waals surface area contributed by atoms with Gasteiger partial charge in [0.15, 0.2) is 6.29 Å². The number of aldehydes is 1. The molecular weight excluding hydrogens is 293 g/mol. The number of benzene rings is 1. The quantitative estimate of drug-likeness (QED) is 0.630. The van der Waals surface area contributed by atoms with Gasteiger partial charge in [-0.3, -0.25) is 4.79 Å². The normalized spacial score (nSPS) is 10.4. The molecule has 0 aliphatic heterocycles. The lowest BCUT2D eigenvalue weighted by Crippen LogP contribution is -1.92. The molecule has 0 saturated heterocycles. The van der Waals surface area contributed by atoms with Crippen molar-refractivity contribution in [1.29, 1.82) is 0 Å². The van der Waals surface area contributed by atoms with Crippen LogP contribution in [0.5, 0.6) is 5.75 Å². The monoisotopic (exact) mass is 299 g/mol. The molecule has 0 amide bonds. The summed E-state index contributed by atoms with van der Waals surface area (Å²) in [5.74, 6) is 0.658. The average Bonchev–Trinajstić information content (AvgIpc) is 2.30. The van der Waals surface area contributed by atoms with Gasteiger partial charge in [0, 0.05) is 9.86 Å². The molecule has 0 bridgehead atoms. The number of methoxy groups -OCH3 is 1. The molecule has 0 atom stereocenters. The van der Waals surface area contributed by atoms with Crippen molar-refractivity contribution in [3.8, 4) is 5.75 Å². The molecule has 0 saturated carbocycles. The van der Waals surface area contributed by atoms with Crippen LogP contribution >= 0.6 is 27.5 Å². The lowest BCUT2D eigenvalue weighted by Gasteiger charge is -2.07. The van der Waals surface area contributed by atoms with Gasteiger partial charge in [-0.1, -0.05) is 11.6 Å². The van der Waals surface area contributed by atoms with Gasteiger partial charge in [-0.15, -0.1) is 0 Å². The Morgan fingerprint density at radius 3 is 2.88 bits per heavy atom. The Morgan fingerprint density at radius 1 is 1.50 bits per heavy atom. The number of halogens is 2.